The standard InChI is InChI=1S/C22H24ClNO4/c1-14(17-9-5-6-10-18(17)22(26)27)24-21(25)19-13-15(23)11-12-20(19)28-16-7-3-2-4-8-16/h5-6,9-14,16H,2-4,7-8H2,1H3,(H,24,25)(H,26,27)/t14-/m0/s1. The Morgan fingerprint density at radius 1 is 1.11 bits per heavy atom. The maximum Gasteiger partial charge on any atom is 0.336 e. The highest BCUT2D eigenvalue weighted by atomic mass is 35.5. The lowest BCUT2D eigenvalue weighted by atomic mass is 9.97. The van der Waals surface area contributed by atoms with Crippen LogP contribution < -0.4 is 10.1 Å². The van der Waals surface area contributed by atoms with Crippen LogP contribution in [0.15, 0.2) is 42.5 Å². The third-order valence-electron chi connectivity index (χ3n) is 5.04. The van der Waals surface area contributed by atoms with E-state index in [9.17, 15) is 14.7 Å². The van der Waals surface area contributed by atoms with Gasteiger partial charge in [0.1, 0.15) is 5.75 Å². The highest BCUT2D eigenvalue weighted by Gasteiger charge is 2.22. The summed E-state index contributed by atoms with van der Waals surface area (Å²) in [5, 5.41) is 12.7. The maximum absolute atomic E-state index is 12.9. The molecule has 1 aliphatic carbocycles. The van der Waals surface area contributed by atoms with Gasteiger partial charge >= 0.3 is 5.97 Å². The SMILES string of the molecule is C[C@H](NC(=O)c1cc(Cl)ccc1OC1CCCCC1)c1ccccc1C(=O)O. The summed E-state index contributed by atoms with van der Waals surface area (Å²) >= 11 is 6.11. The Morgan fingerprint density at radius 3 is 2.54 bits per heavy atom. The largest absolute Gasteiger partial charge is 0.490 e. The van der Waals surface area contributed by atoms with Gasteiger partial charge < -0.3 is 15.2 Å². The molecular weight excluding hydrogens is 378 g/mol. The van der Waals surface area contributed by atoms with E-state index in [1.807, 2.05) is 0 Å². The normalized spacial score (nSPS) is 15.6. The summed E-state index contributed by atoms with van der Waals surface area (Å²) in [5.41, 5.74) is 1.07. The minimum Gasteiger partial charge on any atom is -0.490 e. The number of ether oxygens (including phenoxy) is 1. The van der Waals surface area contributed by atoms with E-state index in [0.29, 0.717) is 21.9 Å². The second-order valence-electron chi connectivity index (χ2n) is 7.11. The van der Waals surface area contributed by atoms with Gasteiger partial charge in [-0.1, -0.05) is 36.2 Å². The summed E-state index contributed by atoms with van der Waals surface area (Å²) in [7, 11) is 0. The number of halogens is 1. The minimum absolute atomic E-state index is 0.103. The molecule has 1 saturated carbocycles. The van der Waals surface area contributed by atoms with Gasteiger partial charge in [-0.15, -0.1) is 0 Å². The number of hydrogen-bond donors (Lipinski definition) is 2. The zero-order valence-electron chi connectivity index (χ0n) is 15.8. The van der Waals surface area contributed by atoms with Gasteiger partial charge in [-0.2, -0.15) is 0 Å². The first kappa shape index (κ1) is 20.2. The first-order chi connectivity index (χ1) is 13.5. The third kappa shape index (κ3) is 4.84. The fraction of sp³-hybridized carbons (Fsp3) is 0.364. The Kier molecular flexibility index (Phi) is 6.57. The van der Waals surface area contributed by atoms with E-state index >= 15 is 0 Å². The van der Waals surface area contributed by atoms with Crippen molar-refractivity contribution in [1.82, 2.24) is 5.32 Å². The minimum atomic E-state index is -1.03. The highest BCUT2D eigenvalue weighted by molar-refractivity contribution is 6.31. The number of hydrogen-bond acceptors (Lipinski definition) is 3. The number of benzene rings is 2. The predicted octanol–water partition coefficient (Wildman–Crippen LogP) is 5.24. The predicted molar refractivity (Wildman–Crippen MR) is 108 cm³/mol. The molecule has 1 atom stereocenters. The summed E-state index contributed by atoms with van der Waals surface area (Å²) in [6.07, 6.45) is 5.53. The van der Waals surface area contributed by atoms with Crippen molar-refractivity contribution in [3.05, 3.63) is 64.2 Å². The topological polar surface area (TPSA) is 75.6 Å². The molecule has 0 saturated heterocycles. The van der Waals surface area contributed by atoms with Crippen LogP contribution in [0.1, 0.15) is 71.3 Å². The van der Waals surface area contributed by atoms with Crippen LogP contribution in [-0.2, 0) is 0 Å². The van der Waals surface area contributed by atoms with E-state index in [2.05, 4.69) is 5.32 Å². The average Bonchev–Trinajstić information content (AvgIpc) is 2.70. The summed E-state index contributed by atoms with van der Waals surface area (Å²) in [6.45, 7) is 1.76. The van der Waals surface area contributed by atoms with Gasteiger partial charge in [0, 0.05) is 5.02 Å². The molecule has 2 aromatic carbocycles. The monoisotopic (exact) mass is 401 g/mol. The molecule has 0 aliphatic heterocycles. The van der Waals surface area contributed by atoms with E-state index < -0.39 is 12.0 Å². The molecule has 2 N–H and O–H groups in total. The van der Waals surface area contributed by atoms with Crippen LogP contribution in [0.5, 0.6) is 5.75 Å². The fourth-order valence-electron chi connectivity index (χ4n) is 3.57. The Labute approximate surface area is 169 Å². The first-order valence-electron chi connectivity index (χ1n) is 9.55. The van der Waals surface area contributed by atoms with Gasteiger partial charge in [0.2, 0.25) is 0 Å². The van der Waals surface area contributed by atoms with Crippen molar-refractivity contribution >= 4 is 23.5 Å². The van der Waals surface area contributed by atoms with Crippen LogP contribution in [0, 0.1) is 0 Å². The molecule has 148 valence electrons. The lowest BCUT2D eigenvalue weighted by Crippen LogP contribution is -2.29. The van der Waals surface area contributed by atoms with Crippen LogP contribution >= 0.6 is 11.6 Å². The van der Waals surface area contributed by atoms with Crippen molar-refractivity contribution in [3.63, 3.8) is 0 Å². The highest BCUT2D eigenvalue weighted by Crippen LogP contribution is 2.29. The lowest BCUT2D eigenvalue weighted by molar-refractivity contribution is 0.0693. The molecule has 1 amide bonds. The molecule has 0 bridgehead atoms. The summed E-state index contributed by atoms with van der Waals surface area (Å²) in [5.74, 6) is -0.866. The Morgan fingerprint density at radius 2 is 1.82 bits per heavy atom. The second kappa shape index (κ2) is 9.11. The number of aromatic carboxylic acids is 1. The quantitative estimate of drug-likeness (QED) is 0.693. The van der Waals surface area contributed by atoms with Crippen molar-refractivity contribution in [2.45, 2.75) is 51.2 Å². The van der Waals surface area contributed by atoms with Gasteiger partial charge in [-0.3, -0.25) is 4.79 Å². The second-order valence-corrected chi connectivity index (χ2v) is 7.54. The smallest absolute Gasteiger partial charge is 0.336 e. The molecule has 3 rings (SSSR count). The van der Waals surface area contributed by atoms with Gasteiger partial charge in [-0.25, -0.2) is 4.79 Å². The summed E-state index contributed by atoms with van der Waals surface area (Å²) < 4.78 is 6.10. The number of carbonyl (C=O) groups excluding carboxylic acids is 1. The number of nitrogens with one attached hydrogen (secondary N) is 1. The number of carbonyl (C=O) groups is 2. The molecule has 1 aliphatic rings. The van der Waals surface area contributed by atoms with Crippen LogP contribution in [0.4, 0.5) is 0 Å². The average molecular weight is 402 g/mol. The van der Waals surface area contributed by atoms with Crippen molar-refractivity contribution in [2.24, 2.45) is 0 Å². The molecule has 0 unspecified atom stereocenters. The zero-order valence-corrected chi connectivity index (χ0v) is 16.5. The van der Waals surface area contributed by atoms with E-state index in [-0.39, 0.29) is 17.6 Å². The van der Waals surface area contributed by atoms with Crippen LogP contribution in [0.3, 0.4) is 0 Å². The molecule has 5 nitrogen and oxygen atoms in total. The van der Waals surface area contributed by atoms with Crippen molar-refractivity contribution in [3.8, 4) is 5.75 Å². The van der Waals surface area contributed by atoms with Crippen molar-refractivity contribution < 1.29 is 19.4 Å². The number of carboxylic acid groups (broad SMARTS) is 1. The molecule has 28 heavy (non-hydrogen) atoms. The Balaban J connectivity index is 1.80. The number of carboxylic acids is 1. The number of rotatable bonds is 6. The van der Waals surface area contributed by atoms with Crippen LogP contribution in [0.25, 0.3) is 0 Å². The van der Waals surface area contributed by atoms with Gasteiger partial charge in [0.15, 0.2) is 0 Å². The molecule has 0 heterocycles. The van der Waals surface area contributed by atoms with E-state index in [1.54, 1.807) is 43.3 Å². The summed E-state index contributed by atoms with van der Waals surface area (Å²) in [4.78, 5) is 24.4. The van der Waals surface area contributed by atoms with E-state index in [1.165, 1.54) is 12.5 Å². The van der Waals surface area contributed by atoms with Crippen LogP contribution in [0.2, 0.25) is 5.02 Å². The molecule has 2 aromatic rings. The van der Waals surface area contributed by atoms with Gasteiger partial charge in [0.25, 0.3) is 5.91 Å². The fourth-order valence-corrected chi connectivity index (χ4v) is 3.74. The Hall–Kier alpha value is -2.53. The van der Waals surface area contributed by atoms with E-state index in [4.69, 9.17) is 16.3 Å². The summed E-state index contributed by atoms with van der Waals surface area (Å²) in [6, 6.07) is 11.2. The van der Waals surface area contributed by atoms with Crippen molar-refractivity contribution in [2.75, 3.05) is 0 Å². The third-order valence-corrected chi connectivity index (χ3v) is 5.27. The zero-order chi connectivity index (χ0) is 20.1. The molecule has 6 heteroatoms. The molecule has 0 aromatic heterocycles. The molecule has 0 radical (unpaired) electrons. The lowest BCUT2D eigenvalue weighted by Gasteiger charge is -2.24. The molecule has 0 spiro atoms. The molecular formula is C22H24ClNO4. The molecule has 1 fully saturated rings. The number of amides is 1. The Bertz CT molecular complexity index is 861. The van der Waals surface area contributed by atoms with E-state index in [0.717, 1.165) is 25.7 Å². The van der Waals surface area contributed by atoms with Crippen LogP contribution in [-0.4, -0.2) is 23.1 Å². The van der Waals surface area contributed by atoms with Crippen molar-refractivity contribution in [1.29, 1.82) is 0 Å². The first-order valence-corrected chi connectivity index (χ1v) is 9.93. The maximum atomic E-state index is 12.9. The van der Waals surface area contributed by atoms with Gasteiger partial charge in [0.05, 0.1) is 23.3 Å². The van der Waals surface area contributed by atoms with Gasteiger partial charge in [-0.05, 0) is 62.4 Å².